The lowest BCUT2D eigenvalue weighted by Gasteiger charge is -2.34. The molecule has 1 N–H and O–H groups in total. The van der Waals surface area contributed by atoms with E-state index in [1.54, 1.807) is 50.2 Å². The van der Waals surface area contributed by atoms with Gasteiger partial charge in [-0.2, -0.15) is 0 Å². The molecule has 5 rings (SSSR count). The molecule has 2 aliphatic heterocycles. The molecule has 0 fully saturated rings. The summed E-state index contributed by atoms with van der Waals surface area (Å²) in [4.78, 5) is 40.7. The molecule has 8 nitrogen and oxygen atoms in total. The largest absolute Gasteiger partial charge is 0.463 e. The normalized spacial score (nSPS) is 16.2. The van der Waals surface area contributed by atoms with Crippen LogP contribution in [0.2, 0.25) is 0 Å². The topological polar surface area (TPSA) is 94.2 Å². The van der Waals surface area contributed by atoms with Crippen molar-refractivity contribution in [2.75, 3.05) is 13.4 Å². The molecule has 1 atom stereocenters. The summed E-state index contributed by atoms with van der Waals surface area (Å²) in [5, 5.41) is 2.90. The third-order valence-corrected chi connectivity index (χ3v) is 6.99. The van der Waals surface area contributed by atoms with Gasteiger partial charge < -0.3 is 24.4 Å². The molecule has 3 aromatic carbocycles. The molecule has 0 saturated heterocycles. The van der Waals surface area contributed by atoms with E-state index in [9.17, 15) is 18.8 Å². The van der Waals surface area contributed by atoms with Gasteiger partial charge in [-0.25, -0.2) is 9.18 Å². The second-order valence-electron chi connectivity index (χ2n) is 9.58. The van der Waals surface area contributed by atoms with E-state index < -0.39 is 17.7 Å². The highest BCUT2D eigenvalue weighted by molar-refractivity contribution is 5.96. The molecule has 206 valence electrons. The number of nitrogens with zero attached hydrogens (tertiary/aromatic N) is 1. The van der Waals surface area contributed by atoms with Gasteiger partial charge in [0.15, 0.2) is 11.5 Å². The Morgan fingerprint density at radius 1 is 1.02 bits per heavy atom. The minimum atomic E-state index is -0.619. The molecule has 2 aliphatic rings. The third kappa shape index (κ3) is 5.68. The number of esters is 1. The maximum atomic E-state index is 14.0. The number of hydrogen-bond donors (Lipinski definition) is 1. The molecule has 1 unspecified atom stereocenters. The Balaban J connectivity index is 1.34. The van der Waals surface area contributed by atoms with Crippen LogP contribution in [0, 0.1) is 5.82 Å². The van der Waals surface area contributed by atoms with Crippen LogP contribution in [0.4, 0.5) is 4.39 Å². The van der Waals surface area contributed by atoms with Crippen molar-refractivity contribution in [1.82, 2.24) is 10.2 Å². The lowest BCUT2D eigenvalue weighted by Crippen LogP contribution is -2.38. The van der Waals surface area contributed by atoms with Gasteiger partial charge in [-0.1, -0.05) is 30.3 Å². The molecule has 40 heavy (non-hydrogen) atoms. The number of benzene rings is 3. The second-order valence-corrected chi connectivity index (χ2v) is 9.58. The van der Waals surface area contributed by atoms with Gasteiger partial charge >= 0.3 is 5.97 Å². The Labute approximate surface area is 231 Å². The highest BCUT2D eigenvalue weighted by atomic mass is 19.1. The maximum absolute atomic E-state index is 14.0. The first-order valence-electron chi connectivity index (χ1n) is 13.0. The summed E-state index contributed by atoms with van der Waals surface area (Å²) < 4.78 is 30.0. The Hall–Kier alpha value is -4.66. The van der Waals surface area contributed by atoms with E-state index in [4.69, 9.17) is 14.2 Å². The van der Waals surface area contributed by atoms with Gasteiger partial charge in [0.05, 0.1) is 18.7 Å². The first kappa shape index (κ1) is 26.9. The van der Waals surface area contributed by atoms with Crippen LogP contribution in [0.1, 0.15) is 53.2 Å². The number of carbonyl (C=O) groups is 3. The highest BCUT2D eigenvalue weighted by Gasteiger charge is 2.37. The standard InChI is InChI=1S/C31H29FN2O6/c1-3-38-31(37)29-19(2)34(28(35)15-25(29)22-7-5-9-24(32)14-22)17-21-6-4-8-23(12-21)30(36)33-16-20-10-11-26-27(13-20)40-18-39-26/h4-14,25H,3,15-18H2,1-2H3,(H,33,36). The van der Waals surface area contributed by atoms with Crippen LogP contribution in [-0.4, -0.2) is 36.1 Å². The second kappa shape index (κ2) is 11.6. The summed E-state index contributed by atoms with van der Waals surface area (Å²) >= 11 is 0. The third-order valence-electron chi connectivity index (χ3n) is 6.99. The smallest absolute Gasteiger partial charge is 0.336 e. The summed E-state index contributed by atoms with van der Waals surface area (Å²) in [7, 11) is 0. The van der Waals surface area contributed by atoms with E-state index in [1.807, 2.05) is 18.2 Å². The number of ether oxygens (including phenoxy) is 3. The summed E-state index contributed by atoms with van der Waals surface area (Å²) in [6, 6.07) is 18.4. The number of fused-ring (bicyclic) bond motifs is 1. The Morgan fingerprint density at radius 3 is 2.62 bits per heavy atom. The number of nitrogens with one attached hydrogen (secondary N) is 1. The Bertz CT molecular complexity index is 1500. The van der Waals surface area contributed by atoms with Crippen molar-refractivity contribution < 1.29 is 33.0 Å². The lowest BCUT2D eigenvalue weighted by molar-refractivity contribution is -0.140. The van der Waals surface area contributed by atoms with Crippen molar-refractivity contribution in [3.8, 4) is 11.5 Å². The first-order chi connectivity index (χ1) is 19.3. The van der Waals surface area contributed by atoms with Crippen LogP contribution in [0.5, 0.6) is 11.5 Å². The van der Waals surface area contributed by atoms with Crippen LogP contribution in [-0.2, 0) is 27.4 Å². The van der Waals surface area contributed by atoms with Crippen molar-refractivity contribution in [3.63, 3.8) is 0 Å². The predicted molar refractivity (Wildman–Crippen MR) is 144 cm³/mol. The zero-order valence-corrected chi connectivity index (χ0v) is 22.2. The molecule has 9 heteroatoms. The lowest BCUT2D eigenvalue weighted by atomic mass is 9.83. The van der Waals surface area contributed by atoms with Crippen molar-refractivity contribution in [3.05, 3.63) is 106 Å². The zero-order chi connectivity index (χ0) is 28.2. The molecular weight excluding hydrogens is 515 g/mol. The maximum Gasteiger partial charge on any atom is 0.336 e. The number of allylic oxidation sites excluding steroid dienone is 1. The minimum absolute atomic E-state index is 0.00928. The first-order valence-corrected chi connectivity index (χ1v) is 13.0. The predicted octanol–water partition coefficient (Wildman–Crippen LogP) is 4.84. The van der Waals surface area contributed by atoms with Crippen LogP contribution < -0.4 is 14.8 Å². The van der Waals surface area contributed by atoms with E-state index >= 15 is 0 Å². The van der Waals surface area contributed by atoms with Gasteiger partial charge in [-0.15, -0.1) is 0 Å². The monoisotopic (exact) mass is 544 g/mol. The van der Waals surface area contributed by atoms with Gasteiger partial charge in [0.2, 0.25) is 12.7 Å². The summed E-state index contributed by atoms with van der Waals surface area (Å²) in [5.74, 6) is -0.761. The Kier molecular flexibility index (Phi) is 7.82. The van der Waals surface area contributed by atoms with E-state index in [0.717, 1.165) is 11.1 Å². The fraction of sp³-hybridized carbons (Fsp3) is 0.258. The van der Waals surface area contributed by atoms with Crippen molar-refractivity contribution in [2.24, 2.45) is 0 Å². The minimum Gasteiger partial charge on any atom is -0.463 e. The molecule has 3 aromatic rings. The van der Waals surface area contributed by atoms with E-state index in [0.29, 0.717) is 40.4 Å². The van der Waals surface area contributed by atoms with Gasteiger partial charge in [-0.3, -0.25) is 9.59 Å². The number of carbonyl (C=O) groups excluding carboxylic acids is 3. The van der Waals surface area contributed by atoms with Crippen LogP contribution in [0.25, 0.3) is 0 Å². The van der Waals surface area contributed by atoms with Gasteiger partial charge in [0, 0.05) is 30.1 Å². The molecule has 0 aliphatic carbocycles. The molecule has 0 aromatic heterocycles. The summed E-state index contributed by atoms with van der Waals surface area (Å²) in [6.07, 6.45) is -0.00928. The molecule has 0 radical (unpaired) electrons. The van der Waals surface area contributed by atoms with Gasteiger partial charge in [0.1, 0.15) is 5.82 Å². The molecule has 0 bridgehead atoms. The van der Waals surface area contributed by atoms with Crippen molar-refractivity contribution in [1.29, 1.82) is 0 Å². The number of hydrogen-bond acceptors (Lipinski definition) is 6. The fourth-order valence-corrected chi connectivity index (χ4v) is 5.01. The molecule has 0 saturated carbocycles. The van der Waals surface area contributed by atoms with Crippen LogP contribution >= 0.6 is 0 Å². The zero-order valence-electron chi connectivity index (χ0n) is 22.2. The average molecular weight is 545 g/mol. The van der Waals surface area contributed by atoms with Gasteiger partial charge in [0.25, 0.3) is 5.91 Å². The highest BCUT2D eigenvalue weighted by Crippen LogP contribution is 2.38. The van der Waals surface area contributed by atoms with Crippen LogP contribution in [0.15, 0.2) is 78.0 Å². The number of amides is 2. The van der Waals surface area contributed by atoms with Gasteiger partial charge in [-0.05, 0) is 66.9 Å². The van der Waals surface area contributed by atoms with E-state index in [-0.39, 0.29) is 38.2 Å². The average Bonchev–Trinajstić information content (AvgIpc) is 3.42. The Morgan fingerprint density at radius 2 is 1.82 bits per heavy atom. The summed E-state index contributed by atoms with van der Waals surface area (Å²) in [6.45, 7) is 4.21. The van der Waals surface area contributed by atoms with E-state index in [1.165, 1.54) is 17.0 Å². The number of rotatable bonds is 8. The van der Waals surface area contributed by atoms with Crippen LogP contribution in [0.3, 0.4) is 0 Å². The molecule has 2 heterocycles. The fourth-order valence-electron chi connectivity index (χ4n) is 5.01. The summed E-state index contributed by atoms with van der Waals surface area (Å²) in [5.41, 5.74) is 3.33. The molecular formula is C31H29FN2O6. The van der Waals surface area contributed by atoms with Crippen molar-refractivity contribution in [2.45, 2.75) is 39.3 Å². The SMILES string of the molecule is CCOC(=O)C1=C(C)N(Cc2cccc(C(=O)NCc3ccc4c(c3)OCO4)c2)C(=O)CC1c1cccc(F)c1. The quantitative estimate of drug-likeness (QED) is 0.408. The van der Waals surface area contributed by atoms with Crippen molar-refractivity contribution >= 4 is 17.8 Å². The van der Waals surface area contributed by atoms with E-state index in [2.05, 4.69) is 5.32 Å². The number of halogens is 1. The molecule has 2 amide bonds. The molecule has 0 spiro atoms.